The number of nitrogens with zero attached hydrogens (tertiary/aromatic N) is 3. The maximum absolute atomic E-state index is 12.8. The van der Waals surface area contributed by atoms with Gasteiger partial charge in [0, 0.05) is 7.05 Å². The Morgan fingerprint density at radius 2 is 1.97 bits per heavy atom. The Labute approximate surface area is 173 Å². The Bertz CT molecular complexity index is 1130. The molecule has 1 aromatic heterocycles. The number of carbonyl (C=O) groups excluding carboxylic acids is 1. The summed E-state index contributed by atoms with van der Waals surface area (Å²) in [6.45, 7) is 3.96. The Hall–Kier alpha value is -4.01. The fourth-order valence-corrected chi connectivity index (χ4v) is 2.90. The summed E-state index contributed by atoms with van der Waals surface area (Å²) in [7, 11) is 1.74. The zero-order valence-electron chi connectivity index (χ0n) is 16.9. The maximum Gasteiger partial charge on any atom is 0.339 e. The number of para-hydroxylation sites is 1. The molecule has 0 aliphatic heterocycles. The van der Waals surface area contributed by atoms with Crippen LogP contribution in [0.1, 0.15) is 18.2 Å². The summed E-state index contributed by atoms with van der Waals surface area (Å²) in [6, 6.07) is 13.2. The van der Waals surface area contributed by atoms with Crippen molar-refractivity contribution in [1.29, 1.82) is 0 Å². The van der Waals surface area contributed by atoms with E-state index in [9.17, 15) is 14.7 Å². The van der Waals surface area contributed by atoms with Gasteiger partial charge in [-0.1, -0.05) is 18.2 Å². The second-order valence-electron chi connectivity index (χ2n) is 6.42. The van der Waals surface area contributed by atoms with Crippen molar-refractivity contribution in [3.05, 3.63) is 70.1 Å². The average Bonchev–Trinajstić information content (AvgIpc) is 2.94. The Balaban J connectivity index is 1.72. The highest BCUT2D eigenvalue weighted by atomic mass is 16.5. The summed E-state index contributed by atoms with van der Waals surface area (Å²) in [5.41, 5.74) is 4.06. The lowest BCUT2D eigenvalue weighted by Gasteiger charge is -2.07. The Kier molecular flexibility index (Phi) is 6.21. The first kappa shape index (κ1) is 20.7. The number of nitrogens with one attached hydrogen (secondary N) is 2. The number of amides is 2. The molecule has 2 aromatic carbocycles. The van der Waals surface area contributed by atoms with Gasteiger partial charge in [0.15, 0.2) is 11.5 Å². The second kappa shape index (κ2) is 8.99. The van der Waals surface area contributed by atoms with Crippen LogP contribution in [-0.2, 0) is 7.05 Å². The van der Waals surface area contributed by atoms with Gasteiger partial charge in [0.25, 0.3) is 5.56 Å². The number of phenolic OH excluding ortho intramolecular Hbond substituents is 1. The lowest BCUT2D eigenvalue weighted by Crippen LogP contribution is -2.28. The minimum atomic E-state index is -0.652. The van der Waals surface area contributed by atoms with Crippen LogP contribution in [0.4, 0.5) is 10.5 Å². The minimum Gasteiger partial charge on any atom is -0.504 e. The van der Waals surface area contributed by atoms with Gasteiger partial charge in [0.2, 0.25) is 0 Å². The van der Waals surface area contributed by atoms with E-state index >= 15 is 0 Å². The van der Waals surface area contributed by atoms with E-state index in [0.29, 0.717) is 29.3 Å². The molecule has 3 aromatic rings. The van der Waals surface area contributed by atoms with E-state index in [-0.39, 0.29) is 17.0 Å². The van der Waals surface area contributed by atoms with Crippen LogP contribution in [0.2, 0.25) is 0 Å². The van der Waals surface area contributed by atoms with E-state index in [1.165, 1.54) is 17.0 Å². The van der Waals surface area contributed by atoms with Crippen molar-refractivity contribution in [3.63, 3.8) is 0 Å². The summed E-state index contributed by atoms with van der Waals surface area (Å²) in [6.07, 6.45) is 1.40. The van der Waals surface area contributed by atoms with Gasteiger partial charge in [-0.3, -0.25) is 9.48 Å². The van der Waals surface area contributed by atoms with Crippen LogP contribution in [0, 0.1) is 6.92 Å². The topological polar surface area (TPSA) is 110 Å². The van der Waals surface area contributed by atoms with Gasteiger partial charge in [-0.25, -0.2) is 14.9 Å². The number of anilines is 1. The molecular weight excluding hydrogens is 386 g/mol. The number of rotatable bonds is 6. The normalized spacial score (nSPS) is 10.9. The predicted octanol–water partition coefficient (Wildman–Crippen LogP) is 2.74. The summed E-state index contributed by atoms with van der Waals surface area (Å²) in [5, 5.41) is 16.1. The van der Waals surface area contributed by atoms with E-state index < -0.39 is 6.03 Å². The Morgan fingerprint density at radius 3 is 2.67 bits per heavy atom. The molecule has 3 N–H and O–H groups in total. The third kappa shape index (κ3) is 4.35. The molecule has 9 nitrogen and oxygen atoms in total. The monoisotopic (exact) mass is 409 g/mol. The first-order chi connectivity index (χ1) is 14.4. The summed E-state index contributed by atoms with van der Waals surface area (Å²) >= 11 is 0. The van der Waals surface area contributed by atoms with Crippen LogP contribution < -0.4 is 21.0 Å². The molecule has 0 fully saturated rings. The van der Waals surface area contributed by atoms with Crippen LogP contribution in [0.25, 0.3) is 5.69 Å². The first-order valence-electron chi connectivity index (χ1n) is 9.32. The number of hydrogen-bond acceptors (Lipinski definition) is 5. The zero-order chi connectivity index (χ0) is 21.7. The summed E-state index contributed by atoms with van der Waals surface area (Å²) < 4.78 is 8.45. The highest BCUT2D eigenvalue weighted by Crippen LogP contribution is 2.26. The average molecular weight is 409 g/mol. The number of benzene rings is 2. The highest BCUT2D eigenvalue weighted by Gasteiger charge is 2.17. The van der Waals surface area contributed by atoms with Crippen molar-refractivity contribution < 1.29 is 14.6 Å². The largest absolute Gasteiger partial charge is 0.504 e. The molecule has 0 radical (unpaired) electrons. The standard InChI is InChI=1S/C21H23N5O4/c1-4-30-18-12-15(10-11-17(18)27)13-22-24-21(29)23-19-14(2)25(3)26(20(19)28)16-8-6-5-7-9-16/h5-13,27H,4H2,1-3H3,(H2,23,24,29)/b22-13+. The molecule has 0 saturated heterocycles. The van der Waals surface area contributed by atoms with Gasteiger partial charge in [-0.05, 0) is 49.7 Å². The van der Waals surface area contributed by atoms with E-state index in [4.69, 9.17) is 4.74 Å². The van der Waals surface area contributed by atoms with E-state index in [0.717, 1.165) is 0 Å². The van der Waals surface area contributed by atoms with E-state index in [2.05, 4.69) is 15.8 Å². The van der Waals surface area contributed by atoms with E-state index in [1.807, 2.05) is 37.3 Å². The molecule has 2 amide bonds. The van der Waals surface area contributed by atoms with Crippen LogP contribution in [0.3, 0.4) is 0 Å². The number of ether oxygens (including phenoxy) is 1. The maximum atomic E-state index is 12.8. The van der Waals surface area contributed by atoms with Gasteiger partial charge in [-0.15, -0.1) is 0 Å². The zero-order valence-corrected chi connectivity index (χ0v) is 16.9. The van der Waals surface area contributed by atoms with Crippen LogP contribution in [-0.4, -0.2) is 33.3 Å². The van der Waals surface area contributed by atoms with Crippen molar-refractivity contribution in [1.82, 2.24) is 14.8 Å². The lowest BCUT2D eigenvalue weighted by atomic mass is 10.2. The summed E-state index contributed by atoms with van der Waals surface area (Å²) in [4.78, 5) is 25.0. The molecule has 9 heteroatoms. The number of urea groups is 1. The molecular formula is C21H23N5O4. The molecule has 0 aliphatic rings. The van der Waals surface area contributed by atoms with Gasteiger partial charge in [-0.2, -0.15) is 5.10 Å². The molecule has 1 heterocycles. The van der Waals surface area contributed by atoms with Crippen molar-refractivity contribution >= 4 is 17.9 Å². The van der Waals surface area contributed by atoms with Gasteiger partial charge in [0.05, 0.1) is 24.2 Å². The van der Waals surface area contributed by atoms with Crippen LogP contribution in [0.15, 0.2) is 58.4 Å². The fourth-order valence-electron chi connectivity index (χ4n) is 2.90. The number of phenols is 1. The molecule has 0 bridgehead atoms. The SMILES string of the molecule is CCOc1cc(/C=N/NC(=O)Nc2c(C)n(C)n(-c3ccccc3)c2=O)ccc1O. The second-order valence-corrected chi connectivity index (χ2v) is 6.42. The smallest absolute Gasteiger partial charge is 0.339 e. The quantitative estimate of drug-likeness (QED) is 0.429. The third-order valence-electron chi connectivity index (χ3n) is 4.46. The number of aromatic nitrogens is 2. The number of carbonyl (C=O) groups is 1. The molecule has 3 rings (SSSR count). The predicted molar refractivity (Wildman–Crippen MR) is 115 cm³/mol. The number of hydrazone groups is 1. The first-order valence-corrected chi connectivity index (χ1v) is 9.32. The lowest BCUT2D eigenvalue weighted by molar-refractivity contribution is 0.252. The minimum absolute atomic E-state index is 0.0222. The van der Waals surface area contributed by atoms with Crippen LogP contribution in [0.5, 0.6) is 11.5 Å². The molecule has 0 atom stereocenters. The van der Waals surface area contributed by atoms with Crippen molar-refractivity contribution in [2.75, 3.05) is 11.9 Å². The highest BCUT2D eigenvalue weighted by molar-refractivity contribution is 5.91. The number of hydrogen-bond donors (Lipinski definition) is 3. The van der Waals surface area contributed by atoms with Crippen molar-refractivity contribution in [2.24, 2.45) is 12.1 Å². The van der Waals surface area contributed by atoms with Gasteiger partial charge in [0.1, 0.15) is 5.69 Å². The number of aromatic hydroxyl groups is 1. The molecule has 0 aliphatic carbocycles. The molecule has 0 saturated carbocycles. The Morgan fingerprint density at radius 1 is 1.23 bits per heavy atom. The van der Waals surface area contributed by atoms with Crippen molar-refractivity contribution in [2.45, 2.75) is 13.8 Å². The molecule has 0 spiro atoms. The van der Waals surface area contributed by atoms with Gasteiger partial charge >= 0.3 is 6.03 Å². The fraction of sp³-hybridized carbons (Fsp3) is 0.190. The molecule has 0 unspecified atom stereocenters. The third-order valence-corrected chi connectivity index (χ3v) is 4.46. The van der Waals surface area contributed by atoms with E-state index in [1.54, 1.807) is 30.8 Å². The molecule has 156 valence electrons. The molecule has 30 heavy (non-hydrogen) atoms. The summed E-state index contributed by atoms with van der Waals surface area (Å²) in [5.74, 6) is 0.348. The van der Waals surface area contributed by atoms with Crippen LogP contribution >= 0.6 is 0 Å². The van der Waals surface area contributed by atoms with Crippen molar-refractivity contribution in [3.8, 4) is 17.2 Å². The van der Waals surface area contributed by atoms with Gasteiger partial charge < -0.3 is 15.2 Å².